The molecule has 0 aliphatic carbocycles. The maximum atomic E-state index is 4.73. The predicted molar refractivity (Wildman–Crippen MR) is 86.6 cm³/mol. The molecule has 0 radical (unpaired) electrons. The first kappa shape index (κ1) is 16.7. The second-order valence-electron chi connectivity index (χ2n) is 5.24. The zero-order chi connectivity index (χ0) is 14.7. The first-order valence-electron chi connectivity index (χ1n) is 7.36. The molecule has 0 fully saturated rings. The molecule has 4 heteroatoms. The van der Waals surface area contributed by atoms with E-state index in [-0.39, 0.29) is 24.0 Å². The third-order valence-corrected chi connectivity index (χ3v) is 3.56. The normalized spacial score (nSPS) is 11.0. The maximum Gasteiger partial charge on any atom is 0.169 e. The van der Waals surface area contributed by atoms with Crippen molar-refractivity contribution in [3.8, 4) is 0 Å². The minimum absolute atomic E-state index is 0. The Kier molecular flexibility index (Phi) is 5.71. The van der Waals surface area contributed by atoms with Crippen molar-refractivity contribution in [1.29, 1.82) is 0 Å². The summed E-state index contributed by atoms with van der Waals surface area (Å²) in [5.41, 5.74) is 3.45. The van der Waals surface area contributed by atoms with E-state index in [9.17, 15) is 0 Å². The lowest BCUT2D eigenvalue weighted by molar-refractivity contribution is -0.671. The molecule has 1 aromatic carbocycles. The highest BCUT2D eigenvalue weighted by Gasteiger charge is 2.06. The lowest BCUT2D eigenvalue weighted by Gasteiger charge is -2.04. The second-order valence-corrected chi connectivity index (χ2v) is 5.24. The third-order valence-electron chi connectivity index (χ3n) is 3.56. The van der Waals surface area contributed by atoms with Crippen LogP contribution < -0.4 is 28.5 Å². The quantitative estimate of drug-likeness (QED) is 0.456. The number of pyridine rings is 1. The van der Waals surface area contributed by atoms with Gasteiger partial charge in [-0.1, -0.05) is 25.1 Å². The molecular weight excluding hydrogens is 385 g/mol. The molecule has 0 spiro atoms. The van der Waals surface area contributed by atoms with Gasteiger partial charge in [0, 0.05) is 18.7 Å². The van der Waals surface area contributed by atoms with Crippen molar-refractivity contribution in [2.24, 2.45) is 7.05 Å². The molecule has 0 saturated heterocycles. The van der Waals surface area contributed by atoms with E-state index in [0.29, 0.717) is 0 Å². The summed E-state index contributed by atoms with van der Waals surface area (Å²) < 4.78 is 4.32. The molecule has 0 saturated carbocycles. The predicted octanol–water partition coefficient (Wildman–Crippen LogP) is 0.445. The molecule has 0 bridgehead atoms. The van der Waals surface area contributed by atoms with Gasteiger partial charge in [0.2, 0.25) is 0 Å². The van der Waals surface area contributed by atoms with E-state index in [1.807, 2.05) is 17.7 Å². The molecular formula is C18H20IN3. The number of hydrogen-bond acceptors (Lipinski definition) is 1. The number of aromatic nitrogens is 3. The zero-order valence-corrected chi connectivity index (χ0v) is 15.1. The van der Waals surface area contributed by atoms with Crippen LogP contribution in [0.15, 0.2) is 48.8 Å². The van der Waals surface area contributed by atoms with Crippen molar-refractivity contribution in [3.63, 3.8) is 0 Å². The van der Waals surface area contributed by atoms with Crippen molar-refractivity contribution >= 4 is 23.2 Å². The van der Waals surface area contributed by atoms with Crippen molar-refractivity contribution < 1.29 is 28.5 Å². The fourth-order valence-corrected chi connectivity index (χ4v) is 2.47. The second kappa shape index (κ2) is 7.54. The Labute approximate surface area is 148 Å². The lowest BCUT2D eigenvalue weighted by Crippen LogP contribution is -3.00. The number of hydrogen-bond donors (Lipinski definition) is 0. The van der Waals surface area contributed by atoms with Gasteiger partial charge in [0.05, 0.1) is 11.0 Å². The van der Waals surface area contributed by atoms with E-state index in [1.165, 1.54) is 11.1 Å². The minimum atomic E-state index is 0. The summed E-state index contributed by atoms with van der Waals surface area (Å²) in [4.78, 5) is 4.73. The van der Waals surface area contributed by atoms with Crippen LogP contribution in [-0.4, -0.2) is 9.55 Å². The van der Waals surface area contributed by atoms with Gasteiger partial charge in [-0.2, -0.15) is 0 Å². The van der Waals surface area contributed by atoms with Crippen LogP contribution in [-0.2, 0) is 13.6 Å². The van der Waals surface area contributed by atoms with Crippen molar-refractivity contribution in [3.05, 3.63) is 60.2 Å². The molecule has 2 aromatic heterocycles. The summed E-state index contributed by atoms with van der Waals surface area (Å²) in [5.74, 6) is 1.02. The number of nitrogens with zero attached hydrogens (tertiary/aromatic N) is 3. The summed E-state index contributed by atoms with van der Waals surface area (Å²) in [6, 6.07) is 12.5. The SMILES string of the molecule is CCCn1c(/C=C/c2cc[n+](C)cc2)nc2ccccc21.[I-]. The van der Waals surface area contributed by atoms with E-state index in [4.69, 9.17) is 4.98 Å². The average Bonchev–Trinajstić information content (AvgIpc) is 2.85. The summed E-state index contributed by atoms with van der Waals surface area (Å²) in [7, 11) is 2.02. The van der Waals surface area contributed by atoms with E-state index in [1.54, 1.807) is 0 Å². The number of aryl methyl sites for hydroxylation is 2. The lowest BCUT2D eigenvalue weighted by atomic mass is 10.2. The summed E-state index contributed by atoms with van der Waals surface area (Å²) in [5, 5.41) is 0. The van der Waals surface area contributed by atoms with Crippen LogP contribution in [0.2, 0.25) is 0 Å². The molecule has 22 heavy (non-hydrogen) atoms. The molecule has 114 valence electrons. The van der Waals surface area contributed by atoms with Gasteiger partial charge in [-0.25, -0.2) is 9.55 Å². The van der Waals surface area contributed by atoms with Gasteiger partial charge in [-0.05, 0) is 30.2 Å². The molecule has 0 atom stereocenters. The molecule has 0 aliphatic rings. The fraction of sp³-hybridized carbons (Fsp3) is 0.222. The van der Waals surface area contributed by atoms with Crippen molar-refractivity contribution in [2.45, 2.75) is 19.9 Å². The number of halogens is 1. The molecule has 0 aliphatic heterocycles. The molecule has 3 nitrogen and oxygen atoms in total. The van der Waals surface area contributed by atoms with Crippen LogP contribution in [0, 0.1) is 0 Å². The Hall–Kier alpha value is -1.69. The van der Waals surface area contributed by atoms with E-state index >= 15 is 0 Å². The maximum absolute atomic E-state index is 4.73. The van der Waals surface area contributed by atoms with Crippen LogP contribution in [0.25, 0.3) is 23.2 Å². The van der Waals surface area contributed by atoms with Gasteiger partial charge in [0.25, 0.3) is 0 Å². The van der Waals surface area contributed by atoms with Gasteiger partial charge >= 0.3 is 0 Å². The van der Waals surface area contributed by atoms with Crippen LogP contribution in [0.4, 0.5) is 0 Å². The number of fused-ring (bicyclic) bond motifs is 1. The summed E-state index contributed by atoms with van der Waals surface area (Å²) in [6.45, 7) is 3.18. The van der Waals surface area contributed by atoms with Gasteiger partial charge in [0.1, 0.15) is 12.9 Å². The van der Waals surface area contributed by atoms with Crippen LogP contribution >= 0.6 is 0 Å². The van der Waals surface area contributed by atoms with Crippen molar-refractivity contribution in [2.75, 3.05) is 0 Å². The number of rotatable bonds is 4. The Bertz CT molecular complexity index is 773. The summed E-state index contributed by atoms with van der Waals surface area (Å²) in [6.07, 6.45) is 9.42. The van der Waals surface area contributed by atoms with E-state index in [2.05, 4.69) is 66.4 Å². The van der Waals surface area contributed by atoms with Gasteiger partial charge in [-0.15, -0.1) is 0 Å². The zero-order valence-electron chi connectivity index (χ0n) is 12.9. The average molecular weight is 405 g/mol. The molecule has 0 unspecified atom stereocenters. The van der Waals surface area contributed by atoms with Gasteiger partial charge in [-0.3, -0.25) is 0 Å². The topological polar surface area (TPSA) is 21.7 Å². The minimum Gasteiger partial charge on any atom is -1.00 e. The monoisotopic (exact) mass is 405 g/mol. The highest BCUT2D eigenvalue weighted by molar-refractivity contribution is 5.79. The van der Waals surface area contributed by atoms with Crippen LogP contribution in [0.5, 0.6) is 0 Å². The highest BCUT2D eigenvalue weighted by atomic mass is 127. The molecule has 0 amide bonds. The number of imidazole rings is 1. The van der Waals surface area contributed by atoms with Gasteiger partial charge < -0.3 is 28.5 Å². The van der Waals surface area contributed by atoms with Crippen LogP contribution in [0.1, 0.15) is 24.7 Å². The van der Waals surface area contributed by atoms with E-state index in [0.717, 1.165) is 24.3 Å². The number of para-hydroxylation sites is 2. The summed E-state index contributed by atoms with van der Waals surface area (Å²) >= 11 is 0. The molecule has 3 aromatic rings. The van der Waals surface area contributed by atoms with Crippen molar-refractivity contribution in [1.82, 2.24) is 9.55 Å². The number of benzene rings is 1. The van der Waals surface area contributed by atoms with Crippen LogP contribution in [0.3, 0.4) is 0 Å². The molecule has 2 heterocycles. The third kappa shape index (κ3) is 3.55. The first-order valence-corrected chi connectivity index (χ1v) is 7.36. The molecule has 3 rings (SSSR count). The highest BCUT2D eigenvalue weighted by Crippen LogP contribution is 2.18. The Morgan fingerprint density at radius 1 is 1.09 bits per heavy atom. The Morgan fingerprint density at radius 3 is 2.55 bits per heavy atom. The molecule has 0 N–H and O–H groups in total. The Balaban J connectivity index is 0.00000176. The largest absolute Gasteiger partial charge is 1.00 e. The fourth-order valence-electron chi connectivity index (χ4n) is 2.47. The standard InChI is InChI=1S/C18H20N3.HI/c1-3-12-21-17-7-5-4-6-16(17)19-18(21)9-8-15-10-13-20(2)14-11-15;/h4-11,13-14H,3,12H2,1-2H3;1H/q+1;/p-1. The first-order chi connectivity index (χ1) is 10.3. The van der Waals surface area contributed by atoms with Gasteiger partial charge in [0.15, 0.2) is 12.4 Å². The smallest absolute Gasteiger partial charge is 0.169 e. The van der Waals surface area contributed by atoms with E-state index < -0.39 is 0 Å². The Morgan fingerprint density at radius 2 is 1.82 bits per heavy atom.